The number of nitrogens with one attached hydrogen (secondary N) is 1. The maximum atomic E-state index is 11.8. The molecule has 0 radical (unpaired) electrons. The summed E-state index contributed by atoms with van der Waals surface area (Å²) in [4.78, 5) is 22.5. The minimum atomic E-state index is -0.0464. The molecule has 1 saturated carbocycles. The highest BCUT2D eigenvalue weighted by molar-refractivity contribution is 5.72. The number of esters is 1. The van der Waals surface area contributed by atoms with Gasteiger partial charge in [0.25, 0.3) is 0 Å². The van der Waals surface area contributed by atoms with Crippen LogP contribution in [0.1, 0.15) is 71.6 Å². The fourth-order valence-electron chi connectivity index (χ4n) is 2.86. The van der Waals surface area contributed by atoms with Crippen molar-refractivity contribution in [2.45, 2.75) is 77.7 Å². The van der Waals surface area contributed by atoms with Crippen molar-refractivity contribution in [2.75, 3.05) is 6.54 Å². The number of hydrogen-bond donors (Lipinski definition) is 1. The zero-order valence-corrected chi connectivity index (χ0v) is 13.0. The van der Waals surface area contributed by atoms with E-state index in [0.29, 0.717) is 18.9 Å². The smallest absolute Gasteiger partial charge is 0.306 e. The van der Waals surface area contributed by atoms with E-state index in [1.807, 2.05) is 0 Å². The topological polar surface area (TPSA) is 55.4 Å². The molecule has 1 amide bonds. The molecule has 20 heavy (non-hydrogen) atoms. The van der Waals surface area contributed by atoms with Crippen molar-refractivity contribution in [1.82, 2.24) is 5.32 Å². The number of hydrogen-bond acceptors (Lipinski definition) is 3. The van der Waals surface area contributed by atoms with Crippen LogP contribution >= 0.6 is 0 Å². The molecule has 0 spiro atoms. The molecule has 1 aliphatic rings. The molecular weight excluding hydrogens is 254 g/mol. The summed E-state index contributed by atoms with van der Waals surface area (Å²) in [6.45, 7) is 4.40. The van der Waals surface area contributed by atoms with Gasteiger partial charge in [0.15, 0.2) is 0 Å². The highest BCUT2D eigenvalue weighted by Gasteiger charge is 2.26. The second-order valence-electron chi connectivity index (χ2n) is 5.77. The van der Waals surface area contributed by atoms with Gasteiger partial charge in [0.1, 0.15) is 6.10 Å². The molecule has 2 atom stereocenters. The van der Waals surface area contributed by atoms with Crippen LogP contribution in [0.25, 0.3) is 0 Å². The normalized spacial score (nSPS) is 22.3. The maximum absolute atomic E-state index is 11.8. The Morgan fingerprint density at radius 3 is 2.60 bits per heavy atom. The minimum absolute atomic E-state index is 0.00677. The van der Waals surface area contributed by atoms with E-state index < -0.39 is 0 Å². The molecule has 0 aromatic carbocycles. The van der Waals surface area contributed by atoms with Gasteiger partial charge in [0.2, 0.25) is 5.91 Å². The predicted molar refractivity (Wildman–Crippen MR) is 79.3 cm³/mol. The fourth-order valence-corrected chi connectivity index (χ4v) is 2.86. The van der Waals surface area contributed by atoms with E-state index in [9.17, 15) is 9.59 Å². The van der Waals surface area contributed by atoms with Crippen LogP contribution in [0.5, 0.6) is 0 Å². The maximum Gasteiger partial charge on any atom is 0.306 e. The molecule has 1 fully saturated rings. The van der Waals surface area contributed by atoms with E-state index in [1.165, 1.54) is 26.2 Å². The van der Waals surface area contributed by atoms with Gasteiger partial charge in [-0.25, -0.2) is 0 Å². The Bertz CT molecular complexity index is 304. The van der Waals surface area contributed by atoms with Crippen LogP contribution in [0.2, 0.25) is 0 Å². The second kappa shape index (κ2) is 9.78. The number of amides is 1. The van der Waals surface area contributed by atoms with Crippen molar-refractivity contribution in [1.29, 1.82) is 0 Å². The van der Waals surface area contributed by atoms with Crippen molar-refractivity contribution in [3.63, 3.8) is 0 Å². The van der Waals surface area contributed by atoms with Gasteiger partial charge in [0.05, 0.1) is 0 Å². The first kappa shape index (κ1) is 17.0. The Hall–Kier alpha value is -1.06. The summed E-state index contributed by atoms with van der Waals surface area (Å²) in [7, 11) is 0. The third kappa shape index (κ3) is 6.92. The third-order valence-corrected chi connectivity index (χ3v) is 4.08. The molecule has 0 bridgehead atoms. The Labute approximate surface area is 122 Å². The monoisotopic (exact) mass is 283 g/mol. The van der Waals surface area contributed by atoms with E-state index in [-0.39, 0.29) is 18.0 Å². The number of rotatable bonds is 8. The van der Waals surface area contributed by atoms with Gasteiger partial charge in [-0.2, -0.15) is 0 Å². The van der Waals surface area contributed by atoms with Crippen molar-refractivity contribution >= 4 is 11.9 Å². The Morgan fingerprint density at radius 1 is 1.15 bits per heavy atom. The van der Waals surface area contributed by atoms with Crippen LogP contribution in [0.3, 0.4) is 0 Å². The van der Waals surface area contributed by atoms with Crippen LogP contribution in [-0.4, -0.2) is 24.5 Å². The van der Waals surface area contributed by atoms with Gasteiger partial charge in [-0.05, 0) is 44.4 Å². The van der Waals surface area contributed by atoms with Crippen molar-refractivity contribution < 1.29 is 14.3 Å². The lowest BCUT2D eigenvalue weighted by Crippen LogP contribution is -2.29. The summed E-state index contributed by atoms with van der Waals surface area (Å²) >= 11 is 0. The van der Waals surface area contributed by atoms with Crippen LogP contribution < -0.4 is 5.32 Å². The third-order valence-electron chi connectivity index (χ3n) is 4.08. The molecule has 2 unspecified atom stereocenters. The lowest BCUT2D eigenvalue weighted by Gasteiger charge is -2.30. The summed E-state index contributed by atoms with van der Waals surface area (Å²) in [6.07, 6.45) is 9.19. The second-order valence-corrected chi connectivity index (χ2v) is 5.77. The molecular formula is C16H29NO3. The van der Waals surface area contributed by atoms with E-state index in [2.05, 4.69) is 12.2 Å². The average molecular weight is 283 g/mol. The summed E-state index contributed by atoms with van der Waals surface area (Å²) in [5.74, 6) is 0.523. The summed E-state index contributed by atoms with van der Waals surface area (Å²) < 4.78 is 5.63. The zero-order valence-electron chi connectivity index (χ0n) is 13.0. The van der Waals surface area contributed by atoms with E-state index in [4.69, 9.17) is 4.74 Å². The Kier molecular flexibility index (Phi) is 8.31. The minimum Gasteiger partial charge on any atom is -0.462 e. The van der Waals surface area contributed by atoms with Crippen LogP contribution in [0.15, 0.2) is 0 Å². The lowest BCUT2D eigenvalue weighted by molar-refractivity contribution is -0.153. The fraction of sp³-hybridized carbons (Fsp3) is 0.875. The summed E-state index contributed by atoms with van der Waals surface area (Å²) in [5, 5.41) is 2.76. The van der Waals surface area contributed by atoms with Gasteiger partial charge in [-0.15, -0.1) is 0 Å². The highest BCUT2D eigenvalue weighted by Crippen LogP contribution is 2.29. The average Bonchev–Trinajstić information content (AvgIpc) is 2.43. The zero-order chi connectivity index (χ0) is 14.8. The molecule has 1 rings (SSSR count). The largest absolute Gasteiger partial charge is 0.462 e. The first-order chi connectivity index (χ1) is 9.63. The first-order valence-corrected chi connectivity index (χ1v) is 8.07. The molecule has 116 valence electrons. The molecule has 0 aliphatic heterocycles. The molecule has 0 heterocycles. The SMILES string of the molecule is CCC1CCCCC1OC(=O)CCCCCNC(C)=O. The molecule has 0 saturated heterocycles. The summed E-state index contributed by atoms with van der Waals surface area (Å²) in [6, 6.07) is 0. The van der Waals surface area contributed by atoms with Gasteiger partial charge < -0.3 is 10.1 Å². The molecule has 1 N–H and O–H groups in total. The van der Waals surface area contributed by atoms with E-state index in [0.717, 1.165) is 32.1 Å². The Morgan fingerprint density at radius 2 is 1.90 bits per heavy atom. The van der Waals surface area contributed by atoms with Gasteiger partial charge in [-0.1, -0.05) is 19.8 Å². The molecule has 4 heteroatoms. The summed E-state index contributed by atoms with van der Waals surface area (Å²) in [5.41, 5.74) is 0. The number of unbranched alkanes of at least 4 members (excludes halogenated alkanes) is 2. The van der Waals surface area contributed by atoms with Gasteiger partial charge >= 0.3 is 5.97 Å². The van der Waals surface area contributed by atoms with Crippen LogP contribution in [0.4, 0.5) is 0 Å². The molecule has 0 aromatic heterocycles. The Balaban J connectivity index is 2.08. The van der Waals surface area contributed by atoms with Gasteiger partial charge in [0, 0.05) is 19.9 Å². The standard InChI is InChI=1S/C16H29NO3/c1-3-14-9-6-7-10-15(14)20-16(19)11-5-4-8-12-17-13(2)18/h14-15H,3-12H2,1-2H3,(H,17,18). The number of carbonyl (C=O) groups is 2. The quantitative estimate of drug-likeness (QED) is 0.550. The van der Waals surface area contributed by atoms with E-state index >= 15 is 0 Å². The molecule has 1 aliphatic carbocycles. The van der Waals surface area contributed by atoms with Gasteiger partial charge in [-0.3, -0.25) is 9.59 Å². The highest BCUT2D eigenvalue weighted by atomic mass is 16.5. The predicted octanol–water partition coefficient (Wildman–Crippen LogP) is 3.19. The van der Waals surface area contributed by atoms with E-state index in [1.54, 1.807) is 0 Å². The first-order valence-electron chi connectivity index (χ1n) is 8.07. The molecule has 4 nitrogen and oxygen atoms in total. The van der Waals surface area contributed by atoms with Crippen molar-refractivity contribution in [3.05, 3.63) is 0 Å². The van der Waals surface area contributed by atoms with Crippen molar-refractivity contribution in [2.24, 2.45) is 5.92 Å². The molecule has 0 aromatic rings. The van der Waals surface area contributed by atoms with Crippen molar-refractivity contribution in [3.8, 4) is 0 Å². The number of carbonyl (C=O) groups excluding carboxylic acids is 2. The van der Waals surface area contributed by atoms with Crippen LogP contribution in [0, 0.1) is 5.92 Å². The number of ether oxygens (including phenoxy) is 1. The lowest BCUT2D eigenvalue weighted by atomic mass is 9.85. The van der Waals surface area contributed by atoms with Crippen LogP contribution in [-0.2, 0) is 14.3 Å².